The lowest BCUT2D eigenvalue weighted by Crippen LogP contribution is -2.35. The second kappa shape index (κ2) is 12.5. The molecule has 2 atom stereocenters. The van der Waals surface area contributed by atoms with Gasteiger partial charge in [0.2, 0.25) is 0 Å². The highest BCUT2D eigenvalue weighted by Gasteiger charge is 2.43. The molecule has 1 aromatic carbocycles. The van der Waals surface area contributed by atoms with Crippen molar-refractivity contribution < 1.29 is 31.1 Å². The Hall–Kier alpha value is -1.95. The van der Waals surface area contributed by atoms with E-state index in [1.165, 1.54) is 11.3 Å². The zero-order valence-electron chi connectivity index (χ0n) is 23.5. The van der Waals surface area contributed by atoms with Crippen LogP contribution in [0.3, 0.4) is 0 Å². The van der Waals surface area contributed by atoms with Crippen LogP contribution in [0.15, 0.2) is 35.2 Å². The molecule has 0 spiro atoms. The molecular formula is C29H39F3N2O4S2. The molecular weight excluding hydrogens is 561 g/mol. The summed E-state index contributed by atoms with van der Waals surface area (Å²) in [7, 11) is -1.77. The highest BCUT2D eigenvalue weighted by atomic mass is 32.2. The highest BCUT2D eigenvalue weighted by molar-refractivity contribution is 7.91. The summed E-state index contributed by atoms with van der Waals surface area (Å²) >= 11 is 1.48. The molecule has 2 aliphatic rings. The van der Waals surface area contributed by atoms with Gasteiger partial charge in [-0.2, -0.15) is 13.2 Å². The first-order valence-corrected chi connectivity index (χ1v) is 16.4. The average molecular weight is 601 g/mol. The van der Waals surface area contributed by atoms with Crippen molar-refractivity contribution in [1.82, 2.24) is 10.2 Å². The third-order valence-electron chi connectivity index (χ3n) is 8.20. The maximum atomic E-state index is 13.3. The summed E-state index contributed by atoms with van der Waals surface area (Å²) in [5, 5.41) is 3.04. The van der Waals surface area contributed by atoms with Gasteiger partial charge in [0.05, 0.1) is 34.1 Å². The normalized spacial score (nSPS) is 22.9. The summed E-state index contributed by atoms with van der Waals surface area (Å²) in [5.41, 5.74) is 1.86. The number of hydrogen-bond acceptors (Lipinski definition) is 6. The molecule has 1 aliphatic heterocycles. The van der Waals surface area contributed by atoms with E-state index in [2.05, 4.69) is 24.1 Å². The Morgan fingerprint density at radius 2 is 1.80 bits per heavy atom. The van der Waals surface area contributed by atoms with Crippen LogP contribution in [-0.4, -0.2) is 51.4 Å². The third kappa shape index (κ3) is 6.91. The van der Waals surface area contributed by atoms with Crippen LogP contribution in [0.5, 0.6) is 0 Å². The molecule has 1 N–H and O–H groups in total. The SMILES string of the molecule is CCS(=O)(=O)c1ccc([C@H](COC)NC(=O)c2cc3c(s2)[C@H](C(C)C)N(CC2CCC(C(F)(F)F)CC2)C3)cc1. The monoisotopic (exact) mass is 600 g/mol. The van der Waals surface area contributed by atoms with E-state index in [4.69, 9.17) is 4.74 Å². The Morgan fingerprint density at radius 3 is 2.35 bits per heavy atom. The second-order valence-corrected chi connectivity index (χ2v) is 14.7. The molecule has 1 fully saturated rings. The number of methoxy groups -OCH3 is 1. The van der Waals surface area contributed by atoms with Gasteiger partial charge in [0.15, 0.2) is 9.84 Å². The first-order valence-electron chi connectivity index (χ1n) is 13.9. The Balaban J connectivity index is 1.43. The molecule has 4 rings (SSSR count). The van der Waals surface area contributed by atoms with Gasteiger partial charge in [-0.1, -0.05) is 32.9 Å². The maximum Gasteiger partial charge on any atom is 0.391 e. The van der Waals surface area contributed by atoms with Crippen molar-refractivity contribution in [3.8, 4) is 0 Å². The van der Waals surface area contributed by atoms with Crippen molar-refractivity contribution in [2.75, 3.05) is 26.0 Å². The Morgan fingerprint density at radius 1 is 1.15 bits per heavy atom. The minimum Gasteiger partial charge on any atom is -0.382 e. The van der Waals surface area contributed by atoms with Crippen LogP contribution in [0.1, 0.15) is 84.2 Å². The van der Waals surface area contributed by atoms with Gasteiger partial charge in [0, 0.05) is 31.1 Å². The Kier molecular flexibility index (Phi) is 9.69. The van der Waals surface area contributed by atoms with Crippen molar-refractivity contribution >= 4 is 27.1 Å². The van der Waals surface area contributed by atoms with E-state index in [-0.39, 0.29) is 48.0 Å². The summed E-state index contributed by atoms with van der Waals surface area (Å²) in [4.78, 5) is 17.7. The number of amides is 1. The van der Waals surface area contributed by atoms with E-state index >= 15 is 0 Å². The van der Waals surface area contributed by atoms with Gasteiger partial charge in [-0.3, -0.25) is 9.69 Å². The lowest BCUT2D eigenvalue weighted by atomic mass is 9.81. The Labute approximate surface area is 239 Å². The number of ether oxygens (including phenoxy) is 1. The number of hydrogen-bond donors (Lipinski definition) is 1. The molecule has 1 aromatic heterocycles. The quantitative estimate of drug-likeness (QED) is 0.335. The van der Waals surface area contributed by atoms with Crippen LogP contribution in [0.4, 0.5) is 13.2 Å². The summed E-state index contributed by atoms with van der Waals surface area (Å²) in [6.07, 6.45) is -2.49. The standard InChI is InChI=1S/C29H39F3N2O4S2/c1-5-40(36,37)23-12-8-20(9-13-23)24(17-38-4)33-28(35)25-14-21-16-34(26(18(2)3)27(21)39-25)15-19-6-10-22(11-7-19)29(30,31)32/h8-9,12-14,18-19,22,24,26H,5-7,10-11,15-17H2,1-4H3,(H,33,35)/t19?,22?,24-,26-/m0/s1. The van der Waals surface area contributed by atoms with Crippen molar-refractivity contribution in [2.24, 2.45) is 17.8 Å². The molecule has 11 heteroatoms. The smallest absolute Gasteiger partial charge is 0.382 e. The molecule has 222 valence electrons. The highest BCUT2D eigenvalue weighted by Crippen LogP contribution is 2.46. The second-order valence-electron chi connectivity index (χ2n) is 11.3. The van der Waals surface area contributed by atoms with E-state index in [1.807, 2.05) is 6.07 Å². The van der Waals surface area contributed by atoms with Crippen LogP contribution in [-0.2, 0) is 21.1 Å². The minimum atomic E-state index is -4.10. The number of thiophene rings is 1. The van der Waals surface area contributed by atoms with E-state index in [9.17, 15) is 26.4 Å². The molecule has 2 heterocycles. The summed E-state index contributed by atoms with van der Waals surface area (Å²) in [6, 6.07) is 8.14. The van der Waals surface area contributed by atoms with Crippen LogP contribution in [0.2, 0.25) is 0 Å². The lowest BCUT2D eigenvalue weighted by Gasteiger charge is -2.35. The van der Waals surface area contributed by atoms with Gasteiger partial charge >= 0.3 is 6.18 Å². The number of nitrogens with zero attached hydrogens (tertiary/aromatic N) is 1. The van der Waals surface area contributed by atoms with E-state index in [1.54, 1.807) is 38.3 Å². The molecule has 1 saturated carbocycles. The molecule has 1 aliphatic carbocycles. The van der Waals surface area contributed by atoms with Crippen LogP contribution in [0, 0.1) is 17.8 Å². The summed E-state index contributed by atoms with van der Waals surface area (Å²) in [6.45, 7) is 7.58. The predicted octanol–water partition coefficient (Wildman–Crippen LogP) is 6.54. The molecule has 0 saturated heterocycles. The molecule has 1 amide bonds. The zero-order valence-corrected chi connectivity index (χ0v) is 25.1. The number of sulfone groups is 1. The molecule has 40 heavy (non-hydrogen) atoms. The van der Waals surface area contributed by atoms with Gasteiger partial charge in [-0.25, -0.2) is 8.42 Å². The van der Waals surface area contributed by atoms with Crippen LogP contribution < -0.4 is 5.32 Å². The summed E-state index contributed by atoms with van der Waals surface area (Å²) < 4.78 is 69.0. The third-order valence-corrected chi connectivity index (χ3v) is 11.2. The van der Waals surface area contributed by atoms with Gasteiger partial charge < -0.3 is 10.1 Å². The number of carbonyl (C=O) groups excluding carboxylic acids is 1. The van der Waals surface area contributed by atoms with Gasteiger partial charge in [-0.05, 0) is 66.8 Å². The zero-order chi connectivity index (χ0) is 29.2. The number of alkyl halides is 3. The number of benzene rings is 1. The molecule has 0 unspecified atom stereocenters. The van der Waals surface area contributed by atoms with Crippen LogP contribution >= 0.6 is 11.3 Å². The van der Waals surface area contributed by atoms with Gasteiger partial charge in [0.25, 0.3) is 5.91 Å². The fourth-order valence-electron chi connectivity index (χ4n) is 6.01. The Bertz CT molecular complexity index is 1270. The molecule has 0 bridgehead atoms. The number of rotatable bonds is 10. The van der Waals surface area contributed by atoms with Crippen molar-refractivity contribution in [3.63, 3.8) is 0 Å². The minimum absolute atomic E-state index is 0.0155. The van der Waals surface area contributed by atoms with E-state index in [0.29, 0.717) is 30.2 Å². The fourth-order valence-corrected chi connectivity index (χ4v) is 8.28. The largest absolute Gasteiger partial charge is 0.391 e. The van der Waals surface area contributed by atoms with Gasteiger partial charge in [0.1, 0.15) is 0 Å². The van der Waals surface area contributed by atoms with Crippen molar-refractivity contribution in [1.29, 1.82) is 0 Å². The van der Waals surface area contributed by atoms with Gasteiger partial charge in [-0.15, -0.1) is 11.3 Å². The topological polar surface area (TPSA) is 75.7 Å². The number of halogens is 3. The van der Waals surface area contributed by atoms with E-state index < -0.39 is 28.0 Å². The maximum absolute atomic E-state index is 13.3. The predicted molar refractivity (Wildman–Crippen MR) is 150 cm³/mol. The van der Waals surface area contributed by atoms with E-state index in [0.717, 1.165) is 22.5 Å². The number of carbonyl (C=O) groups is 1. The number of fused-ring (bicyclic) bond motifs is 1. The first-order chi connectivity index (χ1) is 18.8. The van der Waals surface area contributed by atoms with Crippen molar-refractivity contribution in [2.45, 2.75) is 76.2 Å². The fraction of sp³-hybridized carbons (Fsp3) is 0.621. The first kappa shape index (κ1) is 31.0. The molecule has 6 nitrogen and oxygen atoms in total. The molecule has 2 aromatic rings. The molecule has 0 radical (unpaired) electrons. The lowest BCUT2D eigenvalue weighted by molar-refractivity contribution is -0.184. The van der Waals surface area contributed by atoms with Crippen molar-refractivity contribution in [3.05, 3.63) is 51.2 Å². The van der Waals surface area contributed by atoms with Crippen LogP contribution in [0.25, 0.3) is 0 Å². The number of nitrogens with one attached hydrogen (secondary N) is 1. The average Bonchev–Trinajstić information content (AvgIpc) is 3.46. The summed E-state index contributed by atoms with van der Waals surface area (Å²) in [5.74, 6) is -0.824.